The van der Waals surface area contributed by atoms with Crippen LogP contribution in [-0.2, 0) is 0 Å². The number of nitrogens with one attached hydrogen (secondary N) is 1. The van der Waals surface area contributed by atoms with Crippen molar-refractivity contribution in [2.75, 3.05) is 5.32 Å². The highest BCUT2D eigenvalue weighted by Crippen LogP contribution is 2.43. The summed E-state index contributed by atoms with van der Waals surface area (Å²) >= 11 is 1.74. The Hall–Kier alpha value is -2.79. The Bertz CT molecular complexity index is 1040. The minimum absolute atomic E-state index is 0.866. The van der Waals surface area contributed by atoms with Gasteiger partial charge in [0.05, 0.1) is 10.6 Å². The molecule has 0 spiro atoms. The van der Waals surface area contributed by atoms with Crippen molar-refractivity contribution in [1.82, 2.24) is 14.5 Å². The van der Waals surface area contributed by atoms with Gasteiger partial charge in [-0.2, -0.15) is 0 Å². The average Bonchev–Trinajstić information content (AvgIpc) is 3.03. The predicted octanol–water partition coefficient (Wildman–Crippen LogP) is 4.63. The molecular weight excluding hydrogens is 304 g/mol. The maximum Gasteiger partial charge on any atom is 0.146 e. The molecule has 4 nitrogen and oxygen atoms in total. The Labute approximate surface area is 137 Å². The van der Waals surface area contributed by atoms with Gasteiger partial charge in [-0.25, -0.2) is 9.97 Å². The summed E-state index contributed by atoms with van der Waals surface area (Å²) in [7, 11) is 0. The van der Waals surface area contributed by atoms with Gasteiger partial charge >= 0.3 is 0 Å². The number of hydrogen-bond donors (Lipinski definition) is 1. The highest BCUT2D eigenvalue weighted by atomic mass is 32.2. The Morgan fingerprint density at radius 1 is 0.913 bits per heavy atom. The van der Waals surface area contributed by atoms with E-state index < -0.39 is 0 Å². The molecule has 4 aromatic rings. The predicted molar refractivity (Wildman–Crippen MR) is 92.7 cm³/mol. The van der Waals surface area contributed by atoms with Crippen LogP contribution in [0.5, 0.6) is 0 Å². The Morgan fingerprint density at radius 3 is 2.87 bits per heavy atom. The van der Waals surface area contributed by atoms with Crippen LogP contribution in [0.15, 0.2) is 76.8 Å². The molecule has 0 bridgehead atoms. The number of fused-ring (bicyclic) bond motifs is 3. The molecular formula is C18H12N4S. The molecule has 0 amide bonds. The lowest BCUT2D eigenvalue weighted by atomic mass is 10.3. The van der Waals surface area contributed by atoms with Crippen molar-refractivity contribution >= 4 is 34.3 Å². The molecule has 0 saturated carbocycles. The molecule has 3 aromatic heterocycles. The van der Waals surface area contributed by atoms with Crippen LogP contribution in [0.1, 0.15) is 0 Å². The Balaban J connectivity index is 1.62. The molecule has 0 saturated heterocycles. The van der Waals surface area contributed by atoms with E-state index in [2.05, 4.69) is 46.7 Å². The molecule has 0 radical (unpaired) electrons. The molecule has 1 aromatic carbocycles. The van der Waals surface area contributed by atoms with E-state index >= 15 is 0 Å². The van der Waals surface area contributed by atoms with E-state index in [1.807, 2.05) is 35.2 Å². The molecule has 23 heavy (non-hydrogen) atoms. The van der Waals surface area contributed by atoms with Crippen molar-refractivity contribution in [3.05, 3.63) is 67.0 Å². The standard InChI is InChI=1S/C18H12N4S/c1-2-6-14-13(5-1)20-17-15(23-14)7-8-16(21-17)22-11-9-12-4-3-10-19-18(12)22/h1-11H,(H,20,21). The molecule has 0 unspecified atom stereocenters. The molecule has 1 aliphatic rings. The van der Waals surface area contributed by atoms with Gasteiger partial charge in [-0.1, -0.05) is 23.9 Å². The third-order valence-corrected chi connectivity index (χ3v) is 5.02. The van der Waals surface area contributed by atoms with Gasteiger partial charge in [-0.3, -0.25) is 4.57 Å². The van der Waals surface area contributed by atoms with Crippen molar-refractivity contribution in [2.24, 2.45) is 0 Å². The summed E-state index contributed by atoms with van der Waals surface area (Å²) in [6.07, 6.45) is 3.82. The number of anilines is 2. The summed E-state index contributed by atoms with van der Waals surface area (Å²) in [6, 6.07) is 18.5. The van der Waals surface area contributed by atoms with Crippen molar-refractivity contribution in [2.45, 2.75) is 9.79 Å². The van der Waals surface area contributed by atoms with E-state index in [0.717, 1.165) is 33.3 Å². The van der Waals surface area contributed by atoms with Crippen molar-refractivity contribution < 1.29 is 0 Å². The highest BCUT2D eigenvalue weighted by Gasteiger charge is 2.17. The fourth-order valence-corrected chi connectivity index (χ4v) is 3.74. The second-order valence-corrected chi connectivity index (χ2v) is 6.43. The number of nitrogens with zero attached hydrogens (tertiary/aromatic N) is 3. The summed E-state index contributed by atoms with van der Waals surface area (Å²) in [6.45, 7) is 0. The largest absolute Gasteiger partial charge is 0.338 e. The second-order valence-electron chi connectivity index (χ2n) is 5.34. The van der Waals surface area contributed by atoms with Gasteiger partial charge in [0.25, 0.3) is 0 Å². The van der Waals surface area contributed by atoms with Crippen LogP contribution in [0, 0.1) is 0 Å². The lowest BCUT2D eigenvalue weighted by molar-refractivity contribution is 1.01. The normalized spacial score (nSPS) is 12.5. The number of aromatic nitrogens is 3. The van der Waals surface area contributed by atoms with Gasteiger partial charge in [-0.15, -0.1) is 0 Å². The van der Waals surface area contributed by atoms with Crippen LogP contribution in [-0.4, -0.2) is 14.5 Å². The van der Waals surface area contributed by atoms with Crippen LogP contribution in [0.4, 0.5) is 11.5 Å². The van der Waals surface area contributed by atoms with Crippen molar-refractivity contribution in [1.29, 1.82) is 0 Å². The molecule has 4 heterocycles. The first-order chi connectivity index (χ1) is 11.4. The molecule has 5 rings (SSSR count). The summed E-state index contributed by atoms with van der Waals surface area (Å²) in [5.74, 6) is 1.76. The fourth-order valence-electron chi connectivity index (χ4n) is 2.80. The molecule has 5 heteroatoms. The average molecular weight is 316 g/mol. The first kappa shape index (κ1) is 12.7. The third-order valence-electron chi connectivity index (χ3n) is 3.90. The number of rotatable bonds is 1. The molecule has 0 atom stereocenters. The van der Waals surface area contributed by atoms with Crippen LogP contribution in [0.3, 0.4) is 0 Å². The highest BCUT2D eigenvalue weighted by molar-refractivity contribution is 7.99. The zero-order chi connectivity index (χ0) is 15.2. The number of hydrogen-bond acceptors (Lipinski definition) is 4. The van der Waals surface area contributed by atoms with E-state index in [1.54, 1.807) is 11.8 Å². The Morgan fingerprint density at radius 2 is 1.87 bits per heavy atom. The van der Waals surface area contributed by atoms with Gasteiger partial charge in [0.1, 0.15) is 17.3 Å². The van der Waals surface area contributed by atoms with Crippen molar-refractivity contribution in [3.63, 3.8) is 0 Å². The van der Waals surface area contributed by atoms with Crippen LogP contribution >= 0.6 is 11.8 Å². The van der Waals surface area contributed by atoms with Gasteiger partial charge < -0.3 is 5.32 Å². The maximum absolute atomic E-state index is 4.80. The first-order valence-electron chi connectivity index (χ1n) is 7.36. The zero-order valence-corrected chi connectivity index (χ0v) is 12.9. The minimum atomic E-state index is 0.866. The number of para-hydroxylation sites is 1. The summed E-state index contributed by atoms with van der Waals surface area (Å²) < 4.78 is 2.02. The summed E-state index contributed by atoms with van der Waals surface area (Å²) in [4.78, 5) is 11.6. The van der Waals surface area contributed by atoms with E-state index in [0.29, 0.717) is 0 Å². The molecule has 1 N–H and O–H groups in total. The smallest absolute Gasteiger partial charge is 0.146 e. The van der Waals surface area contributed by atoms with E-state index in [4.69, 9.17) is 4.98 Å². The number of pyridine rings is 2. The van der Waals surface area contributed by atoms with Crippen LogP contribution < -0.4 is 5.32 Å². The monoisotopic (exact) mass is 316 g/mol. The summed E-state index contributed by atoms with van der Waals surface area (Å²) in [5, 5.41) is 4.54. The fraction of sp³-hybridized carbons (Fsp3) is 0. The van der Waals surface area contributed by atoms with Crippen LogP contribution in [0.25, 0.3) is 16.9 Å². The van der Waals surface area contributed by atoms with Gasteiger partial charge in [-0.05, 0) is 42.5 Å². The van der Waals surface area contributed by atoms with Crippen molar-refractivity contribution in [3.8, 4) is 5.82 Å². The number of benzene rings is 1. The first-order valence-corrected chi connectivity index (χ1v) is 8.17. The van der Waals surface area contributed by atoms with E-state index in [9.17, 15) is 0 Å². The van der Waals surface area contributed by atoms with Gasteiger partial charge in [0, 0.05) is 22.7 Å². The van der Waals surface area contributed by atoms with Gasteiger partial charge in [0.15, 0.2) is 0 Å². The molecule has 0 aliphatic carbocycles. The molecule has 0 fully saturated rings. The van der Waals surface area contributed by atoms with E-state index in [1.165, 1.54) is 4.90 Å². The molecule has 1 aliphatic heterocycles. The lowest BCUT2D eigenvalue weighted by Gasteiger charge is -2.20. The SMILES string of the molecule is c1ccc2c(c1)Nc1nc(-n3ccc4cccnc43)ccc1S2. The Kier molecular flexibility index (Phi) is 2.69. The van der Waals surface area contributed by atoms with Crippen LogP contribution in [0.2, 0.25) is 0 Å². The quantitative estimate of drug-likeness (QED) is 0.490. The minimum Gasteiger partial charge on any atom is -0.338 e. The third kappa shape index (κ3) is 2.01. The second kappa shape index (κ2) is 4.86. The van der Waals surface area contributed by atoms with E-state index in [-0.39, 0.29) is 0 Å². The van der Waals surface area contributed by atoms with Gasteiger partial charge in [0.2, 0.25) is 0 Å². The lowest BCUT2D eigenvalue weighted by Crippen LogP contribution is -2.05. The zero-order valence-electron chi connectivity index (χ0n) is 12.1. The molecule has 110 valence electrons. The topological polar surface area (TPSA) is 42.7 Å². The summed E-state index contributed by atoms with van der Waals surface area (Å²) in [5.41, 5.74) is 2.02. The maximum atomic E-state index is 4.80.